The first-order valence-corrected chi connectivity index (χ1v) is 8.76. The molecule has 1 unspecified atom stereocenters. The van der Waals surface area contributed by atoms with E-state index < -0.39 is 0 Å². The molecule has 2 aromatic rings. The molecule has 0 fully saturated rings. The summed E-state index contributed by atoms with van der Waals surface area (Å²) in [6.07, 6.45) is 1.98. The van der Waals surface area contributed by atoms with E-state index in [-0.39, 0.29) is 11.9 Å². The Labute approximate surface area is 141 Å². The standard InChI is InChI=1S/C18H22N2O2S/c1-11(17-12(2)23-13(3)19-17)20(4)18(21)15-7-8-16-14(10-15)6-5-9-22-16/h7-8,10-11H,5-6,9H2,1-4H3. The molecule has 4 nitrogen and oxygen atoms in total. The molecular formula is C18H22N2O2S. The summed E-state index contributed by atoms with van der Waals surface area (Å²) >= 11 is 1.68. The minimum absolute atomic E-state index is 0.0240. The fourth-order valence-corrected chi connectivity index (χ4v) is 3.90. The van der Waals surface area contributed by atoms with Gasteiger partial charge in [-0.05, 0) is 57.4 Å². The molecule has 1 aliphatic rings. The van der Waals surface area contributed by atoms with Crippen LogP contribution in [0.5, 0.6) is 5.75 Å². The normalized spacial score (nSPS) is 14.8. The van der Waals surface area contributed by atoms with Gasteiger partial charge in [0.15, 0.2) is 0 Å². The maximum Gasteiger partial charge on any atom is 0.254 e. The van der Waals surface area contributed by atoms with Gasteiger partial charge in [-0.1, -0.05) is 0 Å². The molecule has 2 heterocycles. The molecule has 1 aromatic heterocycles. The second-order valence-corrected chi connectivity index (χ2v) is 7.45. The van der Waals surface area contributed by atoms with Crippen LogP contribution in [0.1, 0.15) is 50.9 Å². The Bertz CT molecular complexity index is 739. The van der Waals surface area contributed by atoms with E-state index in [1.165, 1.54) is 4.88 Å². The molecule has 5 heteroatoms. The van der Waals surface area contributed by atoms with Gasteiger partial charge in [-0.3, -0.25) is 4.79 Å². The van der Waals surface area contributed by atoms with Crippen molar-refractivity contribution in [1.82, 2.24) is 9.88 Å². The summed E-state index contributed by atoms with van der Waals surface area (Å²) in [7, 11) is 1.84. The molecule has 23 heavy (non-hydrogen) atoms. The summed E-state index contributed by atoms with van der Waals surface area (Å²) in [4.78, 5) is 20.4. The highest BCUT2D eigenvalue weighted by molar-refractivity contribution is 7.11. The van der Waals surface area contributed by atoms with Crippen LogP contribution in [0.4, 0.5) is 0 Å². The van der Waals surface area contributed by atoms with Crippen molar-refractivity contribution >= 4 is 17.2 Å². The van der Waals surface area contributed by atoms with E-state index in [1.807, 2.05) is 39.1 Å². The molecule has 0 radical (unpaired) electrons. The van der Waals surface area contributed by atoms with Gasteiger partial charge in [0.2, 0.25) is 0 Å². The minimum atomic E-state index is -0.0419. The number of fused-ring (bicyclic) bond motifs is 1. The van der Waals surface area contributed by atoms with Crippen LogP contribution in [0.2, 0.25) is 0 Å². The summed E-state index contributed by atoms with van der Waals surface area (Å²) in [6.45, 7) is 6.85. The Morgan fingerprint density at radius 3 is 2.87 bits per heavy atom. The number of ether oxygens (including phenoxy) is 1. The molecule has 1 aromatic carbocycles. The van der Waals surface area contributed by atoms with Gasteiger partial charge in [0.1, 0.15) is 5.75 Å². The van der Waals surface area contributed by atoms with Crippen molar-refractivity contribution in [2.75, 3.05) is 13.7 Å². The maximum atomic E-state index is 12.8. The van der Waals surface area contributed by atoms with Crippen molar-refractivity contribution in [2.45, 2.75) is 39.7 Å². The largest absolute Gasteiger partial charge is 0.493 e. The number of aromatic nitrogens is 1. The molecule has 1 amide bonds. The molecule has 0 saturated heterocycles. The fourth-order valence-electron chi connectivity index (χ4n) is 2.99. The number of benzene rings is 1. The van der Waals surface area contributed by atoms with E-state index in [2.05, 4.69) is 11.9 Å². The highest BCUT2D eigenvalue weighted by Gasteiger charge is 2.23. The maximum absolute atomic E-state index is 12.8. The number of rotatable bonds is 3. The van der Waals surface area contributed by atoms with Crippen molar-refractivity contribution in [2.24, 2.45) is 0 Å². The summed E-state index contributed by atoms with van der Waals surface area (Å²) in [5.41, 5.74) is 2.83. The molecule has 0 N–H and O–H groups in total. The van der Waals surface area contributed by atoms with Crippen molar-refractivity contribution in [3.8, 4) is 5.75 Å². The van der Waals surface area contributed by atoms with E-state index >= 15 is 0 Å². The molecule has 1 atom stereocenters. The third kappa shape index (κ3) is 3.11. The highest BCUT2D eigenvalue weighted by atomic mass is 32.1. The SMILES string of the molecule is Cc1nc(C(C)N(C)C(=O)c2ccc3c(c2)CCCO3)c(C)s1. The minimum Gasteiger partial charge on any atom is -0.493 e. The molecule has 122 valence electrons. The lowest BCUT2D eigenvalue weighted by Crippen LogP contribution is -2.30. The molecule has 0 bridgehead atoms. The van der Waals surface area contributed by atoms with Gasteiger partial charge < -0.3 is 9.64 Å². The molecule has 1 aliphatic heterocycles. The highest BCUT2D eigenvalue weighted by Crippen LogP contribution is 2.29. The smallest absolute Gasteiger partial charge is 0.254 e. The van der Waals surface area contributed by atoms with Crippen LogP contribution in [-0.2, 0) is 6.42 Å². The van der Waals surface area contributed by atoms with Crippen molar-refractivity contribution in [3.05, 3.63) is 44.9 Å². The Morgan fingerprint density at radius 1 is 1.39 bits per heavy atom. The van der Waals surface area contributed by atoms with Gasteiger partial charge in [0.05, 0.1) is 23.4 Å². The number of carbonyl (C=O) groups is 1. The van der Waals surface area contributed by atoms with Crippen LogP contribution in [0.15, 0.2) is 18.2 Å². The van der Waals surface area contributed by atoms with Crippen molar-refractivity contribution < 1.29 is 9.53 Å². The van der Waals surface area contributed by atoms with E-state index in [4.69, 9.17) is 4.74 Å². The average molecular weight is 330 g/mol. The lowest BCUT2D eigenvalue weighted by molar-refractivity contribution is 0.0739. The third-order valence-corrected chi connectivity index (χ3v) is 5.29. The predicted octanol–water partition coefficient (Wildman–Crippen LogP) is 3.92. The van der Waals surface area contributed by atoms with Gasteiger partial charge in [-0.25, -0.2) is 4.98 Å². The number of aryl methyl sites for hydroxylation is 3. The summed E-state index contributed by atoms with van der Waals surface area (Å²) in [5, 5.41) is 1.04. The number of hydrogen-bond acceptors (Lipinski definition) is 4. The summed E-state index contributed by atoms with van der Waals surface area (Å²) < 4.78 is 5.62. The lowest BCUT2D eigenvalue weighted by Gasteiger charge is -2.25. The molecule has 0 aliphatic carbocycles. The Morgan fingerprint density at radius 2 is 2.17 bits per heavy atom. The fraction of sp³-hybridized carbons (Fsp3) is 0.444. The zero-order chi connectivity index (χ0) is 16.6. The van der Waals surface area contributed by atoms with Crippen LogP contribution in [0, 0.1) is 13.8 Å². The number of carbonyl (C=O) groups excluding carboxylic acids is 1. The molecule has 3 rings (SSSR count). The Hall–Kier alpha value is -1.88. The first-order chi connectivity index (χ1) is 11.0. The summed E-state index contributed by atoms with van der Waals surface area (Å²) in [5.74, 6) is 0.936. The van der Waals surface area contributed by atoms with Crippen LogP contribution < -0.4 is 4.74 Å². The van der Waals surface area contributed by atoms with Crippen molar-refractivity contribution in [3.63, 3.8) is 0 Å². The zero-order valence-electron chi connectivity index (χ0n) is 14.0. The topological polar surface area (TPSA) is 42.4 Å². The average Bonchev–Trinajstić information content (AvgIpc) is 2.90. The van der Waals surface area contributed by atoms with E-state index in [1.54, 1.807) is 16.2 Å². The summed E-state index contributed by atoms with van der Waals surface area (Å²) in [6, 6.07) is 5.70. The monoisotopic (exact) mass is 330 g/mol. The van der Waals surface area contributed by atoms with Crippen LogP contribution in [-0.4, -0.2) is 29.4 Å². The van der Waals surface area contributed by atoms with Gasteiger partial charge in [-0.15, -0.1) is 11.3 Å². The van der Waals surface area contributed by atoms with Gasteiger partial charge in [-0.2, -0.15) is 0 Å². The van der Waals surface area contributed by atoms with Gasteiger partial charge in [0.25, 0.3) is 5.91 Å². The Kier molecular flexibility index (Phi) is 4.39. The van der Waals surface area contributed by atoms with E-state index in [0.717, 1.165) is 41.5 Å². The van der Waals surface area contributed by atoms with E-state index in [0.29, 0.717) is 5.56 Å². The van der Waals surface area contributed by atoms with Crippen LogP contribution in [0.3, 0.4) is 0 Å². The second-order valence-electron chi connectivity index (χ2n) is 6.04. The number of amides is 1. The van der Waals surface area contributed by atoms with Crippen molar-refractivity contribution in [1.29, 1.82) is 0 Å². The van der Waals surface area contributed by atoms with Gasteiger partial charge >= 0.3 is 0 Å². The quantitative estimate of drug-likeness (QED) is 0.856. The molecule has 0 spiro atoms. The lowest BCUT2D eigenvalue weighted by atomic mass is 10.0. The number of thiazole rings is 1. The molecule has 0 saturated carbocycles. The molecular weight excluding hydrogens is 308 g/mol. The third-order valence-electron chi connectivity index (χ3n) is 4.39. The Balaban J connectivity index is 1.83. The predicted molar refractivity (Wildman–Crippen MR) is 92.4 cm³/mol. The van der Waals surface area contributed by atoms with Gasteiger partial charge in [0, 0.05) is 17.5 Å². The van der Waals surface area contributed by atoms with E-state index in [9.17, 15) is 4.79 Å². The second kappa shape index (κ2) is 6.32. The van der Waals surface area contributed by atoms with Crippen LogP contribution >= 0.6 is 11.3 Å². The first-order valence-electron chi connectivity index (χ1n) is 7.94. The number of hydrogen-bond donors (Lipinski definition) is 0. The van der Waals surface area contributed by atoms with Crippen LogP contribution in [0.25, 0.3) is 0 Å². The zero-order valence-corrected chi connectivity index (χ0v) is 14.9. The number of nitrogens with zero attached hydrogens (tertiary/aromatic N) is 2. The first kappa shape index (κ1) is 16.0.